The zero-order chi connectivity index (χ0) is 22.4. The molecule has 0 amide bonds. The number of benzene rings is 2. The number of carbonyl (C=O) groups excluding carboxylic acids is 2. The summed E-state index contributed by atoms with van der Waals surface area (Å²) in [7, 11) is 1.73. The Morgan fingerprint density at radius 3 is 1.23 bits per heavy atom. The summed E-state index contributed by atoms with van der Waals surface area (Å²) in [4.78, 5) is 48.6. The Morgan fingerprint density at radius 1 is 0.667 bits per heavy atom. The van der Waals surface area contributed by atoms with Crippen LogP contribution in [0.3, 0.4) is 0 Å². The largest absolute Gasteiger partial charge is 0.480 e. The summed E-state index contributed by atoms with van der Waals surface area (Å²) in [5.41, 5.74) is 7.61. The molecule has 0 bridgehead atoms. The molecule has 0 aromatic heterocycles. The molecule has 0 fully saturated rings. The molecular formula is C20H20N2O6S2. The number of hydrogen-bond donors (Lipinski definition) is 4. The first-order chi connectivity index (χ1) is 14.1. The Bertz CT molecular complexity index is 863. The summed E-state index contributed by atoms with van der Waals surface area (Å²) in [5, 5.41) is 19.0. The van der Waals surface area contributed by atoms with Crippen molar-refractivity contribution in [3.05, 3.63) is 71.8 Å². The van der Waals surface area contributed by atoms with Crippen LogP contribution < -0.4 is 11.5 Å². The third-order valence-electron chi connectivity index (χ3n) is 4.30. The lowest BCUT2D eigenvalue weighted by molar-refractivity contribution is -0.141. The van der Waals surface area contributed by atoms with E-state index in [0.717, 1.165) is 21.6 Å². The van der Waals surface area contributed by atoms with Gasteiger partial charge in [0, 0.05) is 22.6 Å². The minimum atomic E-state index is -2.22. The fourth-order valence-electron chi connectivity index (χ4n) is 2.41. The van der Waals surface area contributed by atoms with E-state index in [-0.39, 0.29) is 22.6 Å². The third-order valence-corrected chi connectivity index (χ3v) is 6.82. The van der Waals surface area contributed by atoms with Crippen LogP contribution in [0.1, 0.15) is 20.7 Å². The molecule has 30 heavy (non-hydrogen) atoms. The second-order valence-corrected chi connectivity index (χ2v) is 8.93. The Hall–Kier alpha value is -2.66. The molecule has 0 spiro atoms. The molecule has 2 aromatic rings. The van der Waals surface area contributed by atoms with Gasteiger partial charge in [-0.05, 0) is 0 Å². The van der Waals surface area contributed by atoms with Gasteiger partial charge in [0.1, 0.15) is 0 Å². The van der Waals surface area contributed by atoms with Crippen LogP contribution in [0, 0.1) is 0 Å². The first-order valence-corrected chi connectivity index (χ1v) is 11.1. The number of carboxylic acids is 2. The van der Waals surface area contributed by atoms with E-state index < -0.39 is 34.6 Å². The molecule has 158 valence electrons. The molecule has 2 rings (SSSR count). The van der Waals surface area contributed by atoms with Crippen LogP contribution >= 0.6 is 21.6 Å². The molecule has 8 nitrogen and oxygen atoms in total. The molecule has 2 aromatic carbocycles. The monoisotopic (exact) mass is 448 g/mol. The predicted octanol–water partition coefficient (Wildman–Crippen LogP) is 1.70. The topological polar surface area (TPSA) is 161 Å². The van der Waals surface area contributed by atoms with E-state index in [0.29, 0.717) is 0 Å². The number of aliphatic carboxylic acids is 2. The van der Waals surface area contributed by atoms with Crippen LogP contribution in [0.5, 0.6) is 0 Å². The quantitative estimate of drug-likeness (QED) is 0.172. The summed E-state index contributed by atoms with van der Waals surface area (Å²) in [6.07, 6.45) is 0. The number of carboxylic acid groups (broad SMARTS) is 2. The Labute approximate surface area is 180 Å². The van der Waals surface area contributed by atoms with Gasteiger partial charge >= 0.3 is 11.9 Å². The zero-order valence-electron chi connectivity index (χ0n) is 15.7. The van der Waals surface area contributed by atoms with E-state index in [2.05, 4.69) is 0 Å². The number of Topliss-reactive ketones (excluding diaryl/α,β-unsaturated/α-hetero) is 2. The maximum Gasteiger partial charge on any atom is 0.332 e. The van der Waals surface area contributed by atoms with Crippen molar-refractivity contribution in [1.29, 1.82) is 0 Å². The minimum absolute atomic E-state index is 0.144. The molecule has 0 aliphatic rings. The Morgan fingerprint density at radius 2 is 0.967 bits per heavy atom. The maximum absolute atomic E-state index is 12.6. The van der Waals surface area contributed by atoms with Crippen molar-refractivity contribution < 1.29 is 29.4 Å². The Kier molecular flexibility index (Phi) is 7.79. The van der Waals surface area contributed by atoms with E-state index in [9.17, 15) is 29.4 Å². The van der Waals surface area contributed by atoms with Crippen molar-refractivity contribution in [1.82, 2.24) is 0 Å². The molecule has 2 atom stereocenters. The summed E-state index contributed by atoms with van der Waals surface area (Å²) < 4.78 is 0. The zero-order valence-corrected chi connectivity index (χ0v) is 17.3. The standard InChI is InChI=1S/C20H20N2O6S2/c21-19(17(25)26,15(23)13-7-3-1-4-8-13)11-29-30-12-20(22,18(27)28)16(24)14-9-5-2-6-10-14/h1-10H,11-12,21-22H2,(H,25,26)(H,27,28)/t19-,20-/m0/s1. The fraction of sp³-hybridized carbons (Fsp3) is 0.200. The highest BCUT2D eigenvalue weighted by Crippen LogP contribution is 2.30. The summed E-state index contributed by atoms with van der Waals surface area (Å²) in [5.74, 6) is -5.28. The number of ketones is 2. The lowest BCUT2D eigenvalue weighted by Crippen LogP contribution is -2.58. The summed E-state index contributed by atoms with van der Waals surface area (Å²) >= 11 is 0. The predicted molar refractivity (Wildman–Crippen MR) is 116 cm³/mol. The smallest absolute Gasteiger partial charge is 0.332 e. The molecule has 0 aliphatic carbocycles. The van der Waals surface area contributed by atoms with Gasteiger partial charge in [-0.25, -0.2) is 9.59 Å². The second-order valence-electron chi connectivity index (χ2n) is 6.47. The van der Waals surface area contributed by atoms with Crippen LogP contribution in [-0.4, -0.2) is 56.3 Å². The van der Waals surface area contributed by atoms with Crippen molar-refractivity contribution in [2.75, 3.05) is 11.5 Å². The normalized spacial score (nSPS) is 14.9. The summed E-state index contributed by atoms with van der Waals surface area (Å²) in [6.45, 7) is 0. The van der Waals surface area contributed by atoms with E-state index in [1.807, 2.05) is 0 Å². The van der Waals surface area contributed by atoms with Crippen LogP contribution in [0.25, 0.3) is 0 Å². The van der Waals surface area contributed by atoms with Gasteiger partial charge in [-0.2, -0.15) is 0 Å². The highest BCUT2D eigenvalue weighted by atomic mass is 33.1. The number of hydrogen-bond acceptors (Lipinski definition) is 8. The molecule has 10 heteroatoms. The molecule has 0 radical (unpaired) electrons. The van der Waals surface area contributed by atoms with Gasteiger partial charge in [-0.1, -0.05) is 82.3 Å². The van der Waals surface area contributed by atoms with Crippen LogP contribution in [-0.2, 0) is 9.59 Å². The highest BCUT2D eigenvalue weighted by molar-refractivity contribution is 8.76. The average molecular weight is 449 g/mol. The molecule has 0 saturated carbocycles. The van der Waals surface area contributed by atoms with Gasteiger partial charge in [0.25, 0.3) is 0 Å². The molecule has 0 saturated heterocycles. The number of carbonyl (C=O) groups is 4. The summed E-state index contributed by atoms with van der Waals surface area (Å²) in [6, 6.07) is 15.5. The van der Waals surface area contributed by atoms with Gasteiger partial charge in [0.05, 0.1) is 0 Å². The lowest BCUT2D eigenvalue weighted by Gasteiger charge is -2.25. The third kappa shape index (κ3) is 5.08. The van der Waals surface area contributed by atoms with Crippen molar-refractivity contribution >= 4 is 45.1 Å². The van der Waals surface area contributed by atoms with Gasteiger partial charge in [0.15, 0.2) is 22.6 Å². The average Bonchev–Trinajstić information content (AvgIpc) is 2.76. The highest BCUT2D eigenvalue weighted by Gasteiger charge is 2.45. The van der Waals surface area contributed by atoms with Gasteiger partial charge in [0.2, 0.25) is 0 Å². The Balaban J connectivity index is 2.09. The molecule has 0 heterocycles. The van der Waals surface area contributed by atoms with Crippen molar-refractivity contribution in [3.63, 3.8) is 0 Å². The van der Waals surface area contributed by atoms with Gasteiger partial charge in [-0.15, -0.1) is 0 Å². The van der Waals surface area contributed by atoms with Crippen molar-refractivity contribution in [3.8, 4) is 0 Å². The van der Waals surface area contributed by atoms with Crippen LogP contribution in [0.2, 0.25) is 0 Å². The van der Waals surface area contributed by atoms with E-state index in [1.54, 1.807) is 36.4 Å². The molecule has 0 unspecified atom stereocenters. The maximum atomic E-state index is 12.6. The van der Waals surface area contributed by atoms with Crippen LogP contribution in [0.4, 0.5) is 0 Å². The minimum Gasteiger partial charge on any atom is -0.480 e. The molecular weight excluding hydrogens is 428 g/mol. The van der Waals surface area contributed by atoms with Crippen molar-refractivity contribution in [2.24, 2.45) is 11.5 Å². The lowest BCUT2D eigenvalue weighted by atomic mass is 9.92. The van der Waals surface area contributed by atoms with Crippen LogP contribution in [0.15, 0.2) is 60.7 Å². The van der Waals surface area contributed by atoms with Gasteiger partial charge < -0.3 is 21.7 Å². The molecule has 6 N–H and O–H groups in total. The SMILES string of the molecule is N[C@](CSSC[C@@](N)(C(=O)O)C(=O)c1ccccc1)(C(=O)O)C(=O)c1ccccc1. The van der Waals surface area contributed by atoms with Gasteiger partial charge in [-0.3, -0.25) is 9.59 Å². The van der Waals surface area contributed by atoms with E-state index in [4.69, 9.17) is 11.5 Å². The van der Waals surface area contributed by atoms with Crippen molar-refractivity contribution in [2.45, 2.75) is 11.1 Å². The first kappa shape index (κ1) is 23.6. The first-order valence-electron chi connectivity index (χ1n) is 8.61. The second kappa shape index (κ2) is 9.90. The fourth-order valence-corrected chi connectivity index (χ4v) is 5.08. The number of rotatable bonds is 11. The number of nitrogens with two attached hydrogens (primary N) is 2. The van der Waals surface area contributed by atoms with E-state index >= 15 is 0 Å². The van der Waals surface area contributed by atoms with E-state index in [1.165, 1.54) is 24.3 Å². The molecule has 0 aliphatic heterocycles.